The number of nitrogens with one attached hydrogen (secondary N) is 1. The molecule has 19 heavy (non-hydrogen) atoms. The summed E-state index contributed by atoms with van der Waals surface area (Å²) in [5.41, 5.74) is 5.01. The standard InChI is InChI=1S/C13H26N2O3.ClH/c1-6-7-13(5,14)12(17)15-8-10(4)11(16)18-9(2)3;/h9-10H,6-8,14H2,1-5H3,(H,15,17);1H. The van der Waals surface area contributed by atoms with Gasteiger partial charge in [0, 0.05) is 6.54 Å². The van der Waals surface area contributed by atoms with Crippen LogP contribution in [0.5, 0.6) is 0 Å². The fourth-order valence-corrected chi connectivity index (χ4v) is 1.51. The second-order valence-corrected chi connectivity index (χ2v) is 5.26. The van der Waals surface area contributed by atoms with Crippen molar-refractivity contribution >= 4 is 24.3 Å². The van der Waals surface area contributed by atoms with Crippen LogP contribution >= 0.6 is 12.4 Å². The van der Waals surface area contributed by atoms with E-state index in [4.69, 9.17) is 10.5 Å². The van der Waals surface area contributed by atoms with Gasteiger partial charge in [0.05, 0.1) is 17.6 Å². The Hall–Kier alpha value is -0.810. The third-order valence-corrected chi connectivity index (χ3v) is 2.61. The first-order chi connectivity index (χ1) is 8.20. The lowest BCUT2D eigenvalue weighted by Crippen LogP contribution is -2.52. The molecule has 114 valence electrons. The second kappa shape index (κ2) is 9.15. The highest BCUT2D eigenvalue weighted by Gasteiger charge is 2.28. The second-order valence-electron chi connectivity index (χ2n) is 5.26. The van der Waals surface area contributed by atoms with Gasteiger partial charge in [-0.1, -0.05) is 20.3 Å². The molecule has 0 aliphatic heterocycles. The molecule has 0 saturated heterocycles. The highest BCUT2D eigenvalue weighted by molar-refractivity contribution is 5.86. The first-order valence-electron chi connectivity index (χ1n) is 6.48. The maximum absolute atomic E-state index is 11.8. The quantitative estimate of drug-likeness (QED) is 0.699. The van der Waals surface area contributed by atoms with E-state index >= 15 is 0 Å². The van der Waals surface area contributed by atoms with Crippen LogP contribution in [-0.2, 0) is 14.3 Å². The smallest absolute Gasteiger partial charge is 0.310 e. The maximum atomic E-state index is 11.8. The van der Waals surface area contributed by atoms with E-state index in [0.717, 1.165) is 6.42 Å². The van der Waals surface area contributed by atoms with Gasteiger partial charge < -0.3 is 15.8 Å². The monoisotopic (exact) mass is 294 g/mol. The molecule has 0 rings (SSSR count). The van der Waals surface area contributed by atoms with E-state index in [0.29, 0.717) is 6.42 Å². The van der Waals surface area contributed by atoms with Crippen LogP contribution in [-0.4, -0.2) is 30.1 Å². The zero-order valence-corrected chi connectivity index (χ0v) is 13.3. The van der Waals surface area contributed by atoms with Crippen LogP contribution in [0.25, 0.3) is 0 Å². The highest BCUT2D eigenvalue weighted by atomic mass is 35.5. The molecule has 6 heteroatoms. The van der Waals surface area contributed by atoms with Gasteiger partial charge in [-0.15, -0.1) is 12.4 Å². The number of rotatable bonds is 7. The van der Waals surface area contributed by atoms with Crippen molar-refractivity contribution in [3.05, 3.63) is 0 Å². The van der Waals surface area contributed by atoms with Crippen LogP contribution < -0.4 is 11.1 Å². The number of hydrogen-bond donors (Lipinski definition) is 2. The number of esters is 1. The van der Waals surface area contributed by atoms with Crippen LogP contribution in [0.15, 0.2) is 0 Å². The lowest BCUT2D eigenvalue weighted by molar-refractivity contribution is -0.151. The van der Waals surface area contributed by atoms with Crippen molar-refractivity contribution in [3.8, 4) is 0 Å². The number of hydrogen-bond acceptors (Lipinski definition) is 4. The zero-order chi connectivity index (χ0) is 14.3. The van der Waals surface area contributed by atoms with Crippen molar-refractivity contribution in [2.45, 2.75) is 59.1 Å². The SMILES string of the molecule is CCCC(C)(N)C(=O)NCC(C)C(=O)OC(C)C.Cl. The molecule has 2 atom stereocenters. The molecular formula is C13H27ClN2O3. The molecule has 5 nitrogen and oxygen atoms in total. The lowest BCUT2D eigenvalue weighted by atomic mass is 9.96. The van der Waals surface area contributed by atoms with E-state index in [1.54, 1.807) is 27.7 Å². The van der Waals surface area contributed by atoms with Crippen molar-refractivity contribution < 1.29 is 14.3 Å². The van der Waals surface area contributed by atoms with Crippen LogP contribution in [0.3, 0.4) is 0 Å². The number of halogens is 1. The molecule has 0 saturated carbocycles. The maximum Gasteiger partial charge on any atom is 0.310 e. The van der Waals surface area contributed by atoms with E-state index < -0.39 is 5.54 Å². The average Bonchev–Trinajstić information content (AvgIpc) is 2.24. The third kappa shape index (κ3) is 8.06. The molecule has 0 aromatic rings. The molecule has 3 N–H and O–H groups in total. The summed E-state index contributed by atoms with van der Waals surface area (Å²) in [6.45, 7) is 9.23. The number of amides is 1. The van der Waals surface area contributed by atoms with Crippen molar-refractivity contribution in [1.82, 2.24) is 5.32 Å². The van der Waals surface area contributed by atoms with E-state index in [1.165, 1.54) is 0 Å². The van der Waals surface area contributed by atoms with Gasteiger partial charge in [0.1, 0.15) is 0 Å². The predicted octanol–water partition coefficient (Wildman–Crippen LogP) is 1.63. The molecule has 1 amide bonds. The topological polar surface area (TPSA) is 81.4 Å². The molecular weight excluding hydrogens is 268 g/mol. The predicted molar refractivity (Wildman–Crippen MR) is 78.2 cm³/mol. The van der Waals surface area contributed by atoms with Gasteiger partial charge in [-0.2, -0.15) is 0 Å². The minimum atomic E-state index is -0.879. The Morgan fingerprint density at radius 1 is 1.32 bits per heavy atom. The van der Waals surface area contributed by atoms with Crippen molar-refractivity contribution in [2.75, 3.05) is 6.54 Å². The largest absolute Gasteiger partial charge is 0.463 e. The van der Waals surface area contributed by atoms with Crippen LogP contribution in [0, 0.1) is 5.92 Å². The summed E-state index contributed by atoms with van der Waals surface area (Å²) in [4.78, 5) is 23.4. The van der Waals surface area contributed by atoms with E-state index in [1.807, 2.05) is 6.92 Å². The molecule has 0 spiro atoms. The Kier molecular flexibility index (Phi) is 9.88. The summed E-state index contributed by atoms with van der Waals surface area (Å²) in [7, 11) is 0. The van der Waals surface area contributed by atoms with E-state index in [9.17, 15) is 9.59 Å². The van der Waals surface area contributed by atoms with Gasteiger partial charge in [0.25, 0.3) is 0 Å². The minimum Gasteiger partial charge on any atom is -0.463 e. The highest BCUT2D eigenvalue weighted by Crippen LogP contribution is 2.09. The zero-order valence-electron chi connectivity index (χ0n) is 12.5. The fraction of sp³-hybridized carbons (Fsp3) is 0.846. The third-order valence-electron chi connectivity index (χ3n) is 2.61. The van der Waals surface area contributed by atoms with Crippen LogP contribution in [0.4, 0.5) is 0 Å². The first-order valence-corrected chi connectivity index (χ1v) is 6.48. The fourth-order valence-electron chi connectivity index (χ4n) is 1.51. The molecule has 0 aliphatic carbocycles. The molecule has 0 aromatic carbocycles. The Labute approximate surface area is 122 Å². The molecule has 0 bridgehead atoms. The first kappa shape index (κ1) is 20.5. The summed E-state index contributed by atoms with van der Waals surface area (Å²) in [6, 6.07) is 0. The number of carbonyl (C=O) groups is 2. The minimum absolute atomic E-state index is 0. The molecule has 0 heterocycles. The summed E-state index contributed by atoms with van der Waals surface area (Å²) < 4.78 is 5.06. The van der Waals surface area contributed by atoms with Crippen molar-refractivity contribution in [2.24, 2.45) is 11.7 Å². The molecule has 0 aromatic heterocycles. The summed E-state index contributed by atoms with van der Waals surface area (Å²) in [6.07, 6.45) is 1.31. The van der Waals surface area contributed by atoms with Gasteiger partial charge in [-0.3, -0.25) is 9.59 Å². The Balaban J connectivity index is 0. The number of ether oxygens (including phenoxy) is 1. The Morgan fingerprint density at radius 3 is 2.26 bits per heavy atom. The van der Waals surface area contributed by atoms with Gasteiger partial charge in [-0.25, -0.2) is 0 Å². The molecule has 0 fully saturated rings. The Bertz CT molecular complexity index is 294. The number of carbonyl (C=O) groups excluding carboxylic acids is 2. The van der Waals surface area contributed by atoms with E-state index in [2.05, 4.69) is 5.32 Å². The van der Waals surface area contributed by atoms with Gasteiger partial charge >= 0.3 is 5.97 Å². The van der Waals surface area contributed by atoms with Gasteiger partial charge in [-0.05, 0) is 27.2 Å². The summed E-state index contributed by atoms with van der Waals surface area (Å²) in [5.74, 6) is -0.901. The van der Waals surface area contributed by atoms with Gasteiger partial charge in [0.2, 0.25) is 5.91 Å². The molecule has 2 unspecified atom stereocenters. The van der Waals surface area contributed by atoms with Crippen LogP contribution in [0.2, 0.25) is 0 Å². The molecule has 0 aliphatic rings. The normalized spacial score (nSPS) is 15.1. The average molecular weight is 295 g/mol. The Morgan fingerprint density at radius 2 is 1.84 bits per heavy atom. The molecule has 0 radical (unpaired) electrons. The van der Waals surface area contributed by atoms with Crippen molar-refractivity contribution in [1.29, 1.82) is 0 Å². The van der Waals surface area contributed by atoms with Crippen molar-refractivity contribution in [3.63, 3.8) is 0 Å². The van der Waals surface area contributed by atoms with Crippen LogP contribution in [0.1, 0.15) is 47.5 Å². The summed E-state index contributed by atoms with van der Waals surface area (Å²) >= 11 is 0. The van der Waals surface area contributed by atoms with E-state index in [-0.39, 0.29) is 42.9 Å². The van der Waals surface area contributed by atoms with Gasteiger partial charge in [0.15, 0.2) is 0 Å². The lowest BCUT2D eigenvalue weighted by Gasteiger charge is -2.23. The summed E-state index contributed by atoms with van der Waals surface area (Å²) in [5, 5.41) is 2.70. The number of nitrogens with two attached hydrogens (primary N) is 1.